The van der Waals surface area contributed by atoms with Gasteiger partial charge < -0.3 is 0 Å². The maximum atomic E-state index is 5.00. The number of aromatic nitrogens is 4. The molecule has 0 aromatic carbocycles. The van der Waals surface area contributed by atoms with Crippen LogP contribution in [0.1, 0.15) is 62.1 Å². The van der Waals surface area contributed by atoms with Crippen molar-refractivity contribution in [3.63, 3.8) is 0 Å². The number of aryl methyl sites for hydroxylation is 1. The molecule has 31 heavy (non-hydrogen) atoms. The molecule has 5 heterocycles. The molecule has 1 fully saturated rings. The van der Waals surface area contributed by atoms with Gasteiger partial charge in [0.15, 0.2) is 0 Å². The summed E-state index contributed by atoms with van der Waals surface area (Å²) in [5.74, 6) is 0. The van der Waals surface area contributed by atoms with Crippen LogP contribution in [0.25, 0.3) is 16.9 Å². The third-order valence-corrected chi connectivity index (χ3v) is 6.11. The van der Waals surface area contributed by atoms with Gasteiger partial charge >= 0.3 is 0 Å². The normalized spacial score (nSPS) is 19.1. The van der Waals surface area contributed by atoms with Crippen molar-refractivity contribution in [2.24, 2.45) is 0 Å². The topological polar surface area (TPSA) is 46.3 Å². The molecule has 5 rings (SSSR count). The van der Waals surface area contributed by atoms with E-state index in [1.54, 1.807) is 6.20 Å². The summed E-state index contributed by atoms with van der Waals surface area (Å²) in [4.78, 5) is 16.4. The minimum Gasteiger partial charge on any atom is -0.299 e. The minimum absolute atomic E-state index is 0.289. The van der Waals surface area contributed by atoms with Crippen molar-refractivity contribution in [2.45, 2.75) is 52.1 Å². The molecule has 4 aromatic rings. The average Bonchev–Trinajstić information content (AvgIpc) is 3.26. The SMILES string of the molecule is CC.Cc1cccnc1C1CCCC(c2cn3c(-c4cccnc4)cccc3n2)N1C. The fourth-order valence-electron chi connectivity index (χ4n) is 4.60. The molecule has 0 spiro atoms. The van der Waals surface area contributed by atoms with Gasteiger partial charge in [-0.05, 0) is 69.1 Å². The summed E-state index contributed by atoms with van der Waals surface area (Å²) in [6.45, 7) is 6.16. The Morgan fingerprint density at radius 1 is 0.935 bits per heavy atom. The number of imidazole rings is 1. The minimum atomic E-state index is 0.289. The summed E-state index contributed by atoms with van der Waals surface area (Å²) in [6.07, 6.45) is 11.3. The molecule has 1 aliphatic heterocycles. The Morgan fingerprint density at radius 2 is 1.74 bits per heavy atom. The Labute approximate surface area is 184 Å². The molecule has 1 aliphatic rings. The van der Waals surface area contributed by atoms with Crippen molar-refractivity contribution in [2.75, 3.05) is 7.05 Å². The van der Waals surface area contributed by atoms with Crippen LogP contribution in [-0.4, -0.2) is 31.3 Å². The molecule has 2 unspecified atom stereocenters. The van der Waals surface area contributed by atoms with E-state index in [2.05, 4.69) is 64.8 Å². The van der Waals surface area contributed by atoms with Crippen LogP contribution in [-0.2, 0) is 0 Å². The second kappa shape index (κ2) is 9.40. The molecule has 4 aromatic heterocycles. The number of likely N-dealkylation sites (tertiary alicyclic amines) is 1. The van der Waals surface area contributed by atoms with Crippen molar-refractivity contribution >= 4 is 5.65 Å². The van der Waals surface area contributed by atoms with E-state index in [0.717, 1.165) is 35.4 Å². The van der Waals surface area contributed by atoms with Crippen LogP contribution >= 0.6 is 0 Å². The first-order valence-electron chi connectivity index (χ1n) is 11.2. The molecule has 5 heteroatoms. The van der Waals surface area contributed by atoms with Crippen LogP contribution in [0.4, 0.5) is 0 Å². The summed E-state index contributed by atoms with van der Waals surface area (Å²) >= 11 is 0. The Kier molecular flexibility index (Phi) is 6.42. The van der Waals surface area contributed by atoms with Gasteiger partial charge in [0.1, 0.15) is 5.65 Å². The maximum Gasteiger partial charge on any atom is 0.137 e. The van der Waals surface area contributed by atoms with Gasteiger partial charge in [-0.2, -0.15) is 0 Å². The molecule has 1 saturated heterocycles. The lowest BCUT2D eigenvalue weighted by atomic mass is 9.91. The van der Waals surface area contributed by atoms with Gasteiger partial charge in [0.05, 0.1) is 29.2 Å². The Morgan fingerprint density at radius 3 is 2.52 bits per heavy atom. The largest absolute Gasteiger partial charge is 0.299 e. The first kappa shape index (κ1) is 21.2. The van der Waals surface area contributed by atoms with E-state index < -0.39 is 0 Å². The quantitative estimate of drug-likeness (QED) is 0.412. The van der Waals surface area contributed by atoms with Gasteiger partial charge in [-0.25, -0.2) is 4.98 Å². The van der Waals surface area contributed by atoms with Crippen molar-refractivity contribution in [1.29, 1.82) is 0 Å². The van der Waals surface area contributed by atoms with E-state index in [-0.39, 0.29) is 6.04 Å². The van der Waals surface area contributed by atoms with Crippen molar-refractivity contribution in [3.8, 4) is 11.3 Å². The van der Waals surface area contributed by atoms with E-state index in [1.165, 1.54) is 17.7 Å². The molecule has 0 bridgehead atoms. The van der Waals surface area contributed by atoms with Crippen LogP contribution in [0.15, 0.2) is 67.3 Å². The molecule has 0 amide bonds. The number of piperidine rings is 1. The summed E-state index contributed by atoms with van der Waals surface area (Å²) in [5.41, 5.74) is 6.78. The maximum absolute atomic E-state index is 5.00. The Hall–Kier alpha value is -3.05. The van der Waals surface area contributed by atoms with Crippen LogP contribution in [0, 0.1) is 6.92 Å². The van der Waals surface area contributed by atoms with Gasteiger partial charge in [0, 0.05) is 30.4 Å². The molecule has 0 N–H and O–H groups in total. The van der Waals surface area contributed by atoms with Gasteiger partial charge in [0.2, 0.25) is 0 Å². The standard InChI is InChI=1S/C24H25N5.C2H6/c1-17-7-5-14-26-24(17)22-11-3-10-21(28(22)2)19-16-29-20(9-4-12-23(29)27-19)18-8-6-13-25-15-18;1-2/h4-9,12-16,21-22H,3,10-11H2,1-2H3;1-2H3. The van der Waals surface area contributed by atoms with Crippen LogP contribution in [0.5, 0.6) is 0 Å². The summed E-state index contributed by atoms with van der Waals surface area (Å²) in [7, 11) is 2.22. The van der Waals surface area contributed by atoms with Crippen molar-refractivity contribution < 1.29 is 0 Å². The van der Waals surface area contributed by atoms with Crippen LogP contribution < -0.4 is 0 Å². The highest BCUT2D eigenvalue weighted by Gasteiger charge is 2.32. The van der Waals surface area contributed by atoms with E-state index in [0.29, 0.717) is 6.04 Å². The second-order valence-corrected chi connectivity index (χ2v) is 7.88. The molecule has 160 valence electrons. The van der Waals surface area contributed by atoms with Crippen LogP contribution in [0.3, 0.4) is 0 Å². The van der Waals surface area contributed by atoms with Gasteiger partial charge in [-0.3, -0.25) is 19.3 Å². The molecule has 0 aliphatic carbocycles. The first-order chi connectivity index (χ1) is 15.2. The molecular weight excluding hydrogens is 382 g/mol. The zero-order valence-electron chi connectivity index (χ0n) is 18.9. The predicted octanol–water partition coefficient (Wildman–Crippen LogP) is 6.02. The lowest BCUT2D eigenvalue weighted by Crippen LogP contribution is -2.34. The molecule has 2 atom stereocenters. The van der Waals surface area contributed by atoms with Gasteiger partial charge in [0.25, 0.3) is 0 Å². The fraction of sp³-hybridized carbons (Fsp3) is 0.346. The highest BCUT2D eigenvalue weighted by atomic mass is 15.2. The summed E-state index contributed by atoms with van der Waals surface area (Å²) in [6, 6.07) is 15.1. The third kappa shape index (κ3) is 4.10. The fourth-order valence-corrected chi connectivity index (χ4v) is 4.60. The molecule has 0 radical (unpaired) electrons. The molecule has 0 saturated carbocycles. The zero-order valence-corrected chi connectivity index (χ0v) is 18.9. The second-order valence-electron chi connectivity index (χ2n) is 7.88. The van der Waals surface area contributed by atoms with Gasteiger partial charge in [-0.15, -0.1) is 0 Å². The number of rotatable bonds is 3. The van der Waals surface area contributed by atoms with E-state index >= 15 is 0 Å². The van der Waals surface area contributed by atoms with E-state index in [9.17, 15) is 0 Å². The highest BCUT2D eigenvalue weighted by molar-refractivity contribution is 5.63. The first-order valence-corrected chi connectivity index (χ1v) is 11.2. The number of hydrogen-bond donors (Lipinski definition) is 0. The smallest absolute Gasteiger partial charge is 0.137 e. The van der Waals surface area contributed by atoms with E-state index in [4.69, 9.17) is 9.97 Å². The monoisotopic (exact) mass is 413 g/mol. The average molecular weight is 414 g/mol. The molecular formula is C26H31N5. The number of hydrogen-bond acceptors (Lipinski definition) is 4. The number of fused-ring (bicyclic) bond motifs is 1. The predicted molar refractivity (Wildman–Crippen MR) is 126 cm³/mol. The lowest BCUT2D eigenvalue weighted by molar-refractivity contribution is 0.109. The third-order valence-electron chi connectivity index (χ3n) is 6.11. The Balaban J connectivity index is 0.00000112. The van der Waals surface area contributed by atoms with Crippen molar-refractivity contribution in [3.05, 3.63) is 84.2 Å². The molecule has 5 nitrogen and oxygen atoms in total. The lowest BCUT2D eigenvalue weighted by Gasteiger charge is -2.39. The van der Waals surface area contributed by atoms with E-state index in [1.807, 2.05) is 38.4 Å². The number of nitrogens with zero attached hydrogens (tertiary/aromatic N) is 5. The highest BCUT2D eigenvalue weighted by Crippen LogP contribution is 2.40. The van der Waals surface area contributed by atoms with Crippen molar-refractivity contribution in [1.82, 2.24) is 24.3 Å². The summed E-state index contributed by atoms with van der Waals surface area (Å²) < 4.78 is 2.19. The Bertz CT molecular complexity index is 1130. The number of pyridine rings is 3. The van der Waals surface area contributed by atoms with Gasteiger partial charge in [-0.1, -0.05) is 26.0 Å². The van der Waals surface area contributed by atoms with Crippen LogP contribution in [0.2, 0.25) is 0 Å². The zero-order chi connectivity index (χ0) is 21.8. The summed E-state index contributed by atoms with van der Waals surface area (Å²) in [5, 5.41) is 0.